The highest BCUT2D eigenvalue weighted by Gasteiger charge is 2.23. The van der Waals surface area contributed by atoms with Gasteiger partial charge in [0.15, 0.2) is 0 Å². The molecule has 11 heteroatoms. The third-order valence-corrected chi connectivity index (χ3v) is 6.94. The molecule has 1 saturated heterocycles. The van der Waals surface area contributed by atoms with Gasteiger partial charge in [0.1, 0.15) is 5.82 Å². The zero-order valence-electron chi connectivity index (χ0n) is 19.0. The van der Waals surface area contributed by atoms with Gasteiger partial charge < -0.3 is 15.3 Å². The molecular formula is C23H29FN4O5S. The van der Waals surface area contributed by atoms with Crippen LogP contribution in [-0.2, 0) is 14.8 Å². The van der Waals surface area contributed by atoms with Crippen LogP contribution in [0, 0.1) is 5.82 Å². The van der Waals surface area contributed by atoms with Crippen molar-refractivity contribution in [2.75, 3.05) is 48.9 Å². The average molecular weight is 493 g/mol. The van der Waals surface area contributed by atoms with Crippen molar-refractivity contribution in [3.05, 3.63) is 53.8 Å². The standard InChI is InChI=1S/C23H29FN4O5S/c1-2-3-10-25-22(29)16-27-11-13-28(14-12-27)18-6-9-21(20(15-18)23(30)31)26-34(32,33)19-7-4-17(24)5-8-19/h4-9,15,26H,2-3,10-14,16H2,1H3,(H,25,29)(H,30,31). The van der Waals surface area contributed by atoms with E-state index in [9.17, 15) is 27.5 Å². The highest BCUT2D eigenvalue weighted by Crippen LogP contribution is 2.26. The van der Waals surface area contributed by atoms with Crippen LogP contribution >= 0.6 is 0 Å². The fraction of sp³-hybridized carbons (Fsp3) is 0.391. The normalized spacial score (nSPS) is 14.6. The molecule has 0 bridgehead atoms. The van der Waals surface area contributed by atoms with Gasteiger partial charge in [-0.3, -0.25) is 14.4 Å². The van der Waals surface area contributed by atoms with Crippen LogP contribution < -0.4 is 14.9 Å². The molecule has 2 aromatic rings. The second-order valence-corrected chi connectivity index (χ2v) is 9.74. The molecule has 184 valence electrons. The summed E-state index contributed by atoms with van der Waals surface area (Å²) < 4.78 is 40.6. The fourth-order valence-electron chi connectivity index (χ4n) is 3.64. The minimum absolute atomic E-state index is 0.00662. The third-order valence-electron chi connectivity index (χ3n) is 5.56. The molecule has 0 atom stereocenters. The largest absolute Gasteiger partial charge is 0.478 e. The lowest BCUT2D eigenvalue weighted by Gasteiger charge is -2.36. The number of rotatable bonds is 10. The van der Waals surface area contributed by atoms with Crippen molar-refractivity contribution in [2.24, 2.45) is 0 Å². The van der Waals surface area contributed by atoms with Crippen LogP contribution in [0.25, 0.3) is 0 Å². The summed E-state index contributed by atoms with van der Waals surface area (Å²) in [6.07, 6.45) is 1.96. The number of halogens is 1. The van der Waals surface area contributed by atoms with Crippen molar-refractivity contribution in [3.63, 3.8) is 0 Å². The van der Waals surface area contributed by atoms with Crippen molar-refractivity contribution in [3.8, 4) is 0 Å². The van der Waals surface area contributed by atoms with E-state index in [0.29, 0.717) is 45.0 Å². The highest BCUT2D eigenvalue weighted by atomic mass is 32.2. The smallest absolute Gasteiger partial charge is 0.337 e. The molecule has 0 spiro atoms. The zero-order chi connectivity index (χ0) is 24.7. The van der Waals surface area contributed by atoms with Crippen LogP contribution in [0.5, 0.6) is 0 Å². The van der Waals surface area contributed by atoms with Gasteiger partial charge in [0.2, 0.25) is 5.91 Å². The highest BCUT2D eigenvalue weighted by molar-refractivity contribution is 7.92. The van der Waals surface area contributed by atoms with Crippen LogP contribution in [0.15, 0.2) is 47.4 Å². The number of carbonyl (C=O) groups excluding carboxylic acids is 1. The summed E-state index contributed by atoms with van der Waals surface area (Å²) in [4.78, 5) is 27.7. The van der Waals surface area contributed by atoms with E-state index in [0.717, 1.165) is 37.1 Å². The molecule has 1 aliphatic rings. The topological polar surface area (TPSA) is 119 Å². The van der Waals surface area contributed by atoms with Crippen LogP contribution in [0.2, 0.25) is 0 Å². The maximum absolute atomic E-state index is 13.1. The summed E-state index contributed by atoms with van der Waals surface area (Å²) in [5, 5.41) is 12.6. The SMILES string of the molecule is CCCCNC(=O)CN1CCN(c2ccc(NS(=O)(=O)c3ccc(F)cc3)c(C(=O)O)c2)CC1. The molecular weight excluding hydrogens is 463 g/mol. The summed E-state index contributed by atoms with van der Waals surface area (Å²) in [5.41, 5.74) is 0.373. The Morgan fingerprint density at radius 3 is 2.35 bits per heavy atom. The first-order valence-corrected chi connectivity index (χ1v) is 12.6. The van der Waals surface area contributed by atoms with Gasteiger partial charge in [0, 0.05) is 38.4 Å². The van der Waals surface area contributed by atoms with E-state index in [4.69, 9.17) is 0 Å². The quantitative estimate of drug-likeness (QED) is 0.436. The Bertz CT molecular complexity index is 1120. The molecule has 0 radical (unpaired) electrons. The molecule has 2 aromatic carbocycles. The minimum atomic E-state index is -4.09. The number of unbranched alkanes of at least 4 members (excludes halogenated alkanes) is 1. The van der Waals surface area contributed by atoms with Gasteiger partial charge in [-0.15, -0.1) is 0 Å². The molecule has 0 saturated carbocycles. The van der Waals surface area contributed by atoms with Crippen molar-refractivity contribution in [2.45, 2.75) is 24.7 Å². The number of nitrogens with zero attached hydrogens (tertiary/aromatic N) is 2. The van der Waals surface area contributed by atoms with Gasteiger partial charge in [-0.05, 0) is 48.9 Å². The van der Waals surface area contributed by atoms with E-state index in [2.05, 4.69) is 17.0 Å². The first kappa shape index (κ1) is 25.4. The van der Waals surface area contributed by atoms with Gasteiger partial charge in [0.25, 0.3) is 10.0 Å². The Balaban J connectivity index is 1.66. The molecule has 1 fully saturated rings. The van der Waals surface area contributed by atoms with Gasteiger partial charge in [0.05, 0.1) is 22.7 Å². The molecule has 1 amide bonds. The Labute approximate surface area is 198 Å². The van der Waals surface area contributed by atoms with E-state index < -0.39 is 21.8 Å². The minimum Gasteiger partial charge on any atom is -0.478 e. The number of hydrogen-bond donors (Lipinski definition) is 3. The van der Waals surface area contributed by atoms with E-state index in [1.807, 2.05) is 9.80 Å². The number of benzene rings is 2. The summed E-state index contributed by atoms with van der Waals surface area (Å²) >= 11 is 0. The van der Waals surface area contributed by atoms with Crippen LogP contribution in [0.4, 0.5) is 15.8 Å². The van der Waals surface area contributed by atoms with Crippen molar-refractivity contribution in [1.29, 1.82) is 0 Å². The monoisotopic (exact) mass is 492 g/mol. The Morgan fingerprint density at radius 2 is 1.74 bits per heavy atom. The number of nitrogens with one attached hydrogen (secondary N) is 2. The number of hydrogen-bond acceptors (Lipinski definition) is 6. The molecule has 0 unspecified atom stereocenters. The number of anilines is 2. The predicted octanol–water partition coefficient (Wildman–Crippen LogP) is 2.36. The molecule has 1 aliphatic heterocycles. The summed E-state index contributed by atoms with van der Waals surface area (Å²) in [7, 11) is -4.09. The van der Waals surface area contributed by atoms with Gasteiger partial charge in [-0.1, -0.05) is 13.3 Å². The maximum atomic E-state index is 13.1. The molecule has 1 heterocycles. The number of aromatic carboxylic acids is 1. The number of sulfonamides is 1. The van der Waals surface area contributed by atoms with Gasteiger partial charge >= 0.3 is 5.97 Å². The van der Waals surface area contributed by atoms with Crippen LogP contribution in [0.3, 0.4) is 0 Å². The fourth-order valence-corrected chi connectivity index (χ4v) is 4.72. The zero-order valence-corrected chi connectivity index (χ0v) is 19.8. The van der Waals surface area contributed by atoms with E-state index in [-0.39, 0.29) is 22.1 Å². The average Bonchev–Trinajstić information content (AvgIpc) is 2.80. The number of carboxylic acids is 1. The Kier molecular flexibility index (Phi) is 8.46. The molecule has 3 N–H and O–H groups in total. The lowest BCUT2D eigenvalue weighted by Crippen LogP contribution is -2.49. The van der Waals surface area contributed by atoms with Crippen LogP contribution in [0.1, 0.15) is 30.1 Å². The van der Waals surface area contributed by atoms with Crippen molar-refractivity contribution in [1.82, 2.24) is 10.2 Å². The molecule has 0 aliphatic carbocycles. The van der Waals surface area contributed by atoms with E-state index in [1.165, 1.54) is 12.1 Å². The summed E-state index contributed by atoms with van der Waals surface area (Å²) in [6, 6.07) is 8.74. The summed E-state index contributed by atoms with van der Waals surface area (Å²) in [5.74, 6) is -1.86. The van der Waals surface area contributed by atoms with Crippen molar-refractivity contribution >= 4 is 33.3 Å². The Hall–Kier alpha value is -3.18. The molecule has 3 rings (SSSR count). The second kappa shape index (κ2) is 11.3. The second-order valence-electron chi connectivity index (χ2n) is 8.06. The van der Waals surface area contributed by atoms with Crippen molar-refractivity contribution < 1.29 is 27.5 Å². The molecule has 9 nitrogen and oxygen atoms in total. The Morgan fingerprint density at radius 1 is 1.06 bits per heavy atom. The lowest BCUT2D eigenvalue weighted by atomic mass is 10.1. The number of carboxylic acid groups (broad SMARTS) is 1. The lowest BCUT2D eigenvalue weighted by molar-refractivity contribution is -0.122. The number of carbonyl (C=O) groups is 2. The van der Waals surface area contributed by atoms with Crippen LogP contribution in [-0.4, -0.2) is 69.6 Å². The number of piperazine rings is 1. The molecule has 0 aromatic heterocycles. The number of amides is 1. The van der Waals surface area contributed by atoms with Gasteiger partial charge in [-0.2, -0.15) is 0 Å². The third kappa shape index (κ3) is 6.67. The predicted molar refractivity (Wildman–Crippen MR) is 127 cm³/mol. The first-order chi connectivity index (χ1) is 16.2. The summed E-state index contributed by atoms with van der Waals surface area (Å²) in [6.45, 7) is 5.54. The van der Waals surface area contributed by atoms with E-state index >= 15 is 0 Å². The first-order valence-electron chi connectivity index (χ1n) is 11.1. The van der Waals surface area contributed by atoms with Gasteiger partial charge in [-0.25, -0.2) is 17.6 Å². The maximum Gasteiger partial charge on any atom is 0.337 e. The van der Waals surface area contributed by atoms with E-state index in [1.54, 1.807) is 6.07 Å². The molecule has 34 heavy (non-hydrogen) atoms.